The van der Waals surface area contributed by atoms with Gasteiger partial charge in [-0.3, -0.25) is 20.3 Å². The molecular weight excluding hydrogens is 354 g/mol. The molecule has 8 heteroatoms. The van der Waals surface area contributed by atoms with E-state index in [-0.39, 0.29) is 23.6 Å². The fourth-order valence-electron chi connectivity index (χ4n) is 1.75. The summed E-state index contributed by atoms with van der Waals surface area (Å²) in [5, 5.41) is 10.8. The highest BCUT2D eigenvalue weighted by Gasteiger charge is 2.17. The average molecular weight is 366 g/mol. The Labute approximate surface area is 134 Å². The second-order valence-corrected chi connectivity index (χ2v) is 5.24. The molecule has 0 heterocycles. The fraction of sp³-hybridized carbons (Fsp3) is 0.0714. The molecule has 0 aromatic heterocycles. The van der Waals surface area contributed by atoms with Crippen LogP contribution >= 0.6 is 15.9 Å². The van der Waals surface area contributed by atoms with Gasteiger partial charge in [0, 0.05) is 16.6 Å². The molecule has 2 aromatic rings. The van der Waals surface area contributed by atoms with Crippen LogP contribution in [0.15, 0.2) is 46.9 Å². The zero-order valence-corrected chi connectivity index (χ0v) is 12.9. The van der Waals surface area contributed by atoms with E-state index in [0.29, 0.717) is 0 Å². The Morgan fingerprint density at radius 3 is 2.55 bits per heavy atom. The van der Waals surface area contributed by atoms with Gasteiger partial charge in [0.25, 0.3) is 11.6 Å². The first kappa shape index (κ1) is 15.9. The number of benzene rings is 2. The van der Waals surface area contributed by atoms with E-state index >= 15 is 0 Å². The molecular formula is C14H12BrN3O4. The monoisotopic (exact) mass is 365 g/mol. The van der Waals surface area contributed by atoms with Crippen LogP contribution in [0.2, 0.25) is 0 Å². The van der Waals surface area contributed by atoms with Crippen molar-refractivity contribution in [3.8, 4) is 5.75 Å². The fourth-order valence-corrected chi connectivity index (χ4v) is 2.02. The van der Waals surface area contributed by atoms with E-state index in [1.54, 1.807) is 0 Å². The van der Waals surface area contributed by atoms with Gasteiger partial charge in [0.1, 0.15) is 12.4 Å². The number of nitrogens with one attached hydrogen (secondary N) is 1. The molecule has 0 saturated carbocycles. The molecule has 0 saturated heterocycles. The Morgan fingerprint density at radius 2 is 1.95 bits per heavy atom. The van der Waals surface area contributed by atoms with E-state index in [9.17, 15) is 14.9 Å². The largest absolute Gasteiger partial charge is 0.488 e. The SMILES string of the molecule is NNC(=O)c1cc([N+](=O)[O-])ccc1OCc1ccc(Br)cc1. The van der Waals surface area contributed by atoms with E-state index in [0.717, 1.165) is 16.1 Å². The van der Waals surface area contributed by atoms with Gasteiger partial charge >= 0.3 is 0 Å². The van der Waals surface area contributed by atoms with E-state index in [2.05, 4.69) is 15.9 Å². The lowest BCUT2D eigenvalue weighted by atomic mass is 10.1. The van der Waals surface area contributed by atoms with Gasteiger partial charge in [-0.05, 0) is 23.8 Å². The van der Waals surface area contributed by atoms with Crippen LogP contribution in [0.25, 0.3) is 0 Å². The van der Waals surface area contributed by atoms with Gasteiger partial charge in [0.2, 0.25) is 0 Å². The molecule has 2 rings (SSSR count). The number of carbonyl (C=O) groups is 1. The summed E-state index contributed by atoms with van der Waals surface area (Å²) in [5.74, 6) is 4.65. The molecule has 0 unspecified atom stereocenters. The third-order valence-corrected chi connectivity index (χ3v) is 3.39. The molecule has 0 spiro atoms. The third kappa shape index (κ3) is 3.80. The van der Waals surface area contributed by atoms with Crippen molar-refractivity contribution in [3.05, 3.63) is 68.2 Å². The molecule has 7 nitrogen and oxygen atoms in total. The number of amides is 1. The summed E-state index contributed by atoms with van der Waals surface area (Å²) in [6.07, 6.45) is 0. The Hall–Kier alpha value is -2.45. The number of halogens is 1. The maximum Gasteiger partial charge on any atom is 0.270 e. The smallest absolute Gasteiger partial charge is 0.270 e. The van der Waals surface area contributed by atoms with Gasteiger partial charge in [-0.15, -0.1) is 0 Å². The number of nitro benzene ring substituents is 1. The second-order valence-electron chi connectivity index (χ2n) is 4.33. The van der Waals surface area contributed by atoms with E-state index in [1.807, 2.05) is 29.7 Å². The molecule has 0 aliphatic heterocycles. The average Bonchev–Trinajstić information content (AvgIpc) is 2.53. The number of non-ortho nitro benzene ring substituents is 1. The highest BCUT2D eigenvalue weighted by molar-refractivity contribution is 9.10. The number of nitro groups is 1. The van der Waals surface area contributed by atoms with Crippen molar-refractivity contribution in [1.29, 1.82) is 0 Å². The Kier molecular flexibility index (Phi) is 5.08. The Balaban J connectivity index is 2.23. The first-order valence-electron chi connectivity index (χ1n) is 6.18. The number of hydrazine groups is 1. The molecule has 22 heavy (non-hydrogen) atoms. The summed E-state index contributed by atoms with van der Waals surface area (Å²) >= 11 is 3.33. The normalized spacial score (nSPS) is 10.1. The lowest BCUT2D eigenvalue weighted by Crippen LogP contribution is -2.30. The molecule has 0 atom stereocenters. The van der Waals surface area contributed by atoms with Gasteiger partial charge in [0.05, 0.1) is 10.5 Å². The minimum absolute atomic E-state index is 0.00816. The van der Waals surface area contributed by atoms with Crippen LogP contribution in [0.5, 0.6) is 5.75 Å². The van der Waals surface area contributed by atoms with Crippen LogP contribution < -0.4 is 16.0 Å². The number of rotatable bonds is 5. The van der Waals surface area contributed by atoms with Gasteiger partial charge in [-0.2, -0.15) is 0 Å². The number of nitrogen functional groups attached to an aromatic ring is 1. The molecule has 0 radical (unpaired) electrons. The zero-order chi connectivity index (χ0) is 16.1. The summed E-state index contributed by atoms with van der Waals surface area (Å²) in [4.78, 5) is 21.9. The second kappa shape index (κ2) is 7.01. The maximum absolute atomic E-state index is 11.7. The number of ether oxygens (including phenoxy) is 1. The third-order valence-electron chi connectivity index (χ3n) is 2.86. The van der Waals surface area contributed by atoms with E-state index in [1.165, 1.54) is 12.1 Å². The topological polar surface area (TPSA) is 107 Å². The summed E-state index contributed by atoms with van der Waals surface area (Å²) in [5.41, 5.74) is 2.63. The molecule has 0 aliphatic carbocycles. The number of nitrogens with zero attached hydrogens (tertiary/aromatic N) is 1. The van der Waals surface area contributed by atoms with Crippen LogP contribution in [0, 0.1) is 10.1 Å². The highest BCUT2D eigenvalue weighted by atomic mass is 79.9. The predicted octanol–water partition coefficient (Wildman–Crippen LogP) is 2.54. The molecule has 0 bridgehead atoms. The van der Waals surface area contributed by atoms with Crippen LogP contribution in [-0.4, -0.2) is 10.8 Å². The number of hydrogen-bond acceptors (Lipinski definition) is 5. The van der Waals surface area contributed by atoms with Crippen molar-refractivity contribution in [3.63, 3.8) is 0 Å². The molecule has 114 valence electrons. The first-order chi connectivity index (χ1) is 10.5. The van der Waals surface area contributed by atoms with Crippen molar-refractivity contribution >= 4 is 27.5 Å². The molecule has 2 aromatic carbocycles. The quantitative estimate of drug-likeness (QED) is 0.366. The van der Waals surface area contributed by atoms with Crippen molar-refractivity contribution in [1.82, 2.24) is 5.43 Å². The van der Waals surface area contributed by atoms with Gasteiger partial charge < -0.3 is 4.74 Å². The number of nitrogens with two attached hydrogens (primary N) is 1. The minimum Gasteiger partial charge on any atom is -0.488 e. The van der Waals surface area contributed by atoms with Crippen molar-refractivity contribution in [2.75, 3.05) is 0 Å². The summed E-state index contributed by atoms with van der Waals surface area (Å²) in [6.45, 7) is 0.218. The standard InChI is InChI=1S/C14H12BrN3O4/c15-10-3-1-9(2-4-10)8-22-13-6-5-11(18(20)21)7-12(13)14(19)17-16/h1-7H,8,16H2,(H,17,19). The van der Waals surface area contributed by atoms with Crippen LogP contribution in [0.1, 0.15) is 15.9 Å². The van der Waals surface area contributed by atoms with Crippen LogP contribution in [-0.2, 0) is 6.61 Å². The van der Waals surface area contributed by atoms with Gasteiger partial charge in [0.15, 0.2) is 0 Å². The zero-order valence-electron chi connectivity index (χ0n) is 11.3. The highest BCUT2D eigenvalue weighted by Crippen LogP contribution is 2.25. The molecule has 3 N–H and O–H groups in total. The summed E-state index contributed by atoms with van der Waals surface area (Å²) in [6, 6.07) is 11.2. The van der Waals surface area contributed by atoms with Gasteiger partial charge in [-0.1, -0.05) is 28.1 Å². The lowest BCUT2D eigenvalue weighted by Gasteiger charge is -2.10. The first-order valence-corrected chi connectivity index (χ1v) is 6.97. The predicted molar refractivity (Wildman–Crippen MR) is 83.2 cm³/mol. The van der Waals surface area contributed by atoms with Crippen LogP contribution in [0.4, 0.5) is 5.69 Å². The molecule has 1 amide bonds. The summed E-state index contributed by atoms with van der Waals surface area (Å²) < 4.78 is 6.51. The lowest BCUT2D eigenvalue weighted by molar-refractivity contribution is -0.384. The maximum atomic E-state index is 11.7. The number of carbonyl (C=O) groups excluding carboxylic acids is 1. The van der Waals surface area contributed by atoms with E-state index in [4.69, 9.17) is 10.6 Å². The molecule has 0 fully saturated rings. The van der Waals surface area contributed by atoms with Crippen LogP contribution in [0.3, 0.4) is 0 Å². The Morgan fingerprint density at radius 1 is 1.27 bits per heavy atom. The number of hydrogen-bond donors (Lipinski definition) is 2. The van der Waals surface area contributed by atoms with E-state index < -0.39 is 10.8 Å². The van der Waals surface area contributed by atoms with Crippen molar-refractivity contribution < 1.29 is 14.5 Å². The van der Waals surface area contributed by atoms with Crippen molar-refractivity contribution in [2.24, 2.45) is 5.84 Å². The van der Waals surface area contributed by atoms with Crippen molar-refractivity contribution in [2.45, 2.75) is 6.61 Å². The molecule has 0 aliphatic rings. The Bertz CT molecular complexity index is 704. The summed E-state index contributed by atoms with van der Waals surface area (Å²) in [7, 11) is 0. The minimum atomic E-state index is -0.658. The van der Waals surface area contributed by atoms with Gasteiger partial charge in [-0.25, -0.2) is 5.84 Å².